The fraction of sp³-hybridized carbons (Fsp3) is 0. The summed E-state index contributed by atoms with van der Waals surface area (Å²) >= 11 is 0. The number of benzene rings is 2. The van der Waals surface area contributed by atoms with Gasteiger partial charge in [-0.1, -0.05) is 48.5 Å². The van der Waals surface area contributed by atoms with Crippen molar-refractivity contribution in [2.75, 3.05) is 10.2 Å². The number of urea groups is 1. The molecule has 4 aromatic rings. The molecule has 0 bridgehead atoms. The number of pyridine rings is 1. The molecule has 0 aliphatic carbocycles. The molecule has 3 heterocycles. The molecule has 0 radical (unpaired) electrons. The van der Waals surface area contributed by atoms with Crippen LogP contribution in [0, 0.1) is 0 Å². The van der Waals surface area contributed by atoms with Crippen LogP contribution in [0.25, 0.3) is 21.3 Å². The van der Waals surface area contributed by atoms with E-state index < -0.39 is 15.8 Å². The monoisotopic (exact) mass is 387 g/mol. The van der Waals surface area contributed by atoms with Crippen LogP contribution < -0.4 is 15.3 Å². The third-order valence-corrected chi connectivity index (χ3v) is 6.26. The van der Waals surface area contributed by atoms with E-state index >= 15 is 0 Å². The molecule has 0 spiro atoms. The second kappa shape index (κ2) is 6.17. The van der Waals surface area contributed by atoms with Crippen molar-refractivity contribution in [2.45, 2.75) is 0 Å². The van der Waals surface area contributed by atoms with Crippen molar-refractivity contribution in [3.63, 3.8) is 0 Å². The molecule has 2 aromatic heterocycles. The molecule has 2 amide bonds. The molecule has 6 nitrogen and oxygen atoms in total. The van der Waals surface area contributed by atoms with Gasteiger partial charge >= 0.3 is 11.3 Å². The number of carboxylic acid groups (broad SMARTS) is 1. The number of nitrogens with zero attached hydrogens (tertiary/aromatic N) is 2. The van der Waals surface area contributed by atoms with Crippen LogP contribution in [-0.2, 0) is 0 Å². The van der Waals surface area contributed by atoms with Gasteiger partial charge in [-0.3, -0.25) is 4.90 Å². The Morgan fingerprint density at radius 3 is 2.54 bits per heavy atom. The summed E-state index contributed by atoms with van der Waals surface area (Å²) in [7, 11) is -1.29. The van der Waals surface area contributed by atoms with Gasteiger partial charge in [0.15, 0.2) is 5.38 Å². The van der Waals surface area contributed by atoms with Gasteiger partial charge in [0.25, 0.3) is 4.83 Å². The fourth-order valence-corrected chi connectivity index (χ4v) is 4.93. The topological polar surface area (TPSA) is 85.4 Å². The van der Waals surface area contributed by atoms with Crippen molar-refractivity contribution < 1.29 is 14.7 Å². The van der Waals surface area contributed by atoms with E-state index in [1.54, 1.807) is 11.0 Å². The number of thiophene rings is 1. The van der Waals surface area contributed by atoms with E-state index in [4.69, 9.17) is 0 Å². The van der Waals surface area contributed by atoms with Crippen molar-refractivity contribution in [1.82, 2.24) is 4.98 Å². The summed E-state index contributed by atoms with van der Waals surface area (Å²) in [5, 5.41) is 15.3. The Kier molecular flexibility index (Phi) is 3.63. The average Bonchev–Trinajstić information content (AvgIpc) is 3.09. The van der Waals surface area contributed by atoms with Gasteiger partial charge in [-0.05, 0) is 17.7 Å². The number of nitrogens with one attached hydrogen (secondary N) is 1. The Hall–Kier alpha value is -3.71. The van der Waals surface area contributed by atoms with Gasteiger partial charge in [-0.15, -0.1) is 0 Å². The highest BCUT2D eigenvalue weighted by atomic mass is 32.2. The van der Waals surface area contributed by atoms with Gasteiger partial charge in [0, 0.05) is 11.8 Å². The minimum atomic E-state index is -1.29. The van der Waals surface area contributed by atoms with E-state index in [1.807, 2.05) is 54.6 Å². The van der Waals surface area contributed by atoms with Crippen LogP contribution in [-0.4, -0.2) is 16.3 Å². The summed E-state index contributed by atoms with van der Waals surface area (Å²) in [5.74, 6) is 0. The molecule has 7 heteroatoms. The SMILES string of the molecule is O=C1Nc2c[s+](C(=O)[O-])c3nccc(c23)N1c1ccccc1-c1ccccc1. The lowest BCUT2D eigenvalue weighted by molar-refractivity contribution is -0.233. The third-order valence-electron chi connectivity index (χ3n) is 4.70. The molecule has 2 aromatic carbocycles. The highest BCUT2D eigenvalue weighted by Crippen LogP contribution is 2.47. The van der Waals surface area contributed by atoms with Crippen LogP contribution in [0.2, 0.25) is 0 Å². The van der Waals surface area contributed by atoms with Crippen LogP contribution >= 0.6 is 10.5 Å². The molecule has 1 aliphatic heterocycles. The zero-order valence-electron chi connectivity index (χ0n) is 14.5. The maximum absolute atomic E-state index is 13.0. The normalized spacial score (nSPS) is 13.5. The summed E-state index contributed by atoms with van der Waals surface area (Å²) in [4.78, 5) is 30.8. The number of rotatable bonds is 3. The Morgan fingerprint density at radius 2 is 1.75 bits per heavy atom. The molecular weight excluding hydrogens is 374 g/mol. The maximum Gasteiger partial charge on any atom is 0.331 e. The van der Waals surface area contributed by atoms with Crippen LogP contribution in [0.1, 0.15) is 0 Å². The maximum atomic E-state index is 13.0. The molecular formula is C21H13N3O3S. The summed E-state index contributed by atoms with van der Waals surface area (Å²) in [5.41, 5.74) is 3.67. The predicted octanol–water partition coefficient (Wildman–Crippen LogP) is 4.53. The first kappa shape index (κ1) is 16.5. The largest absolute Gasteiger partial charge is 0.500 e. The fourth-order valence-electron chi connectivity index (χ4n) is 3.54. The zero-order chi connectivity index (χ0) is 19.3. The van der Waals surface area contributed by atoms with E-state index in [1.165, 1.54) is 11.6 Å². The number of para-hydroxylation sites is 1. The lowest BCUT2D eigenvalue weighted by Crippen LogP contribution is -2.33. The van der Waals surface area contributed by atoms with Crippen molar-refractivity contribution in [1.29, 1.82) is 0 Å². The highest BCUT2D eigenvalue weighted by molar-refractivity contribution is 7.54. The van der Waals surface area contributed by atoms with Crippen molar-refractivity contribution in [2.24, 2.45) is 0 Å². The molecule has 136 valence electrons. The van der Waals surface area contributed by atoms with Crippen LogP contribution in [0.5, 0.6) is 0 Å². The van der Waals surface area contributed by atoms with E-state index in [-0.39, 0.29) is 6.03 Å². The molecule has 0 saturated carbocycles. The Bertz CT molecular complexity index is 1250. The van der Waals surface area contributed by atoms with Crippen molar-refractivity contribution >= 4 is 49.1 Å². The zero-order valence-corrected chi connectivity index (χ0v) is 15.3. The van der Waals surface area contributed by atoms with Gasteiger partial charge in [0.05, 0.1) is 21.8 Å². The number of aromatic nitrogens is 1. The van der Waals surface area contributed by atoms with E-state index in [2.05, 4.69) is 10.3 Å². The number of carbonyl (C=O) groups excluding carboxylic acids is 2. The molecule has 0 saturated heterocycles. The van der Waals surface area contributed by atoms with Crippen LogP contribution in [0.3, 0.4) is 0 Å². The number of anilines is 3. The molecule has 1 atom stereocenters. The van der Waals surface area contributed by atoms with Gasteiger partial charge in [-0.2, -0.15) is 0 Å². The lowest BCUT2D eigenvalue weighted by Gasteiger charge is -2.28. The summed E-state index contributed by atoms with van der Waals surface area (Å²) in [6.45, 7) is 0. The predicted molar refractivity (Wildman–Crippen MR) is 108 cm³/mol. The number of carbonyl (C=O) groups is 2. The first-order valence-corrected chi connectivity index (χ1v) is 9.85. The van der Waals surface area contributed by atoms with Gasteiger partial charge in [0.1, 0.15) is 11.1 Å². The summed E-state index contributed by atoms with van der Waals surface area (Å²) in [6.07, 6.45) is 1.53. The quantitative estimate of drug-likeness (QED) is 0.524. The number of hydrogen-bond acceptors (Lipinski definition) is 4. The second-order valence-corrected chi connectivity index (χ2v) is 7.91. The Labute approximate surface area is 162 Å². The average molecular weight is 387 g/mol. The van der Waals surface area contributed by atoms with Crippen LogP contribution in [0.4, 0.5) is 26.7 Å². The molecule has 1 N–H and O–H groups in total. The van der Waals surface area contributed by atoms with E-state index in [0.717, 1.165) is 11.1 Å². The summed E-state index contributed by atoms with van der Waals surface area (Å²) < 4.78 is 0. The molecule has 1 aliphatic rings. The third kappa shape index (κ3) is 2.37. The minimum absolute atomic E-state index is 0.344. The van der Waals surface area contributed by atoms with Gasteiger partial charge < -0.3 is 15.2 Å². The molecule has 28 heavy (non-hydrogen) atoms. The van der Waals surface area contributed by atoms with Crippen LogP contribution in [0.15, 0.2) is 72.2 Å². The first-order chi connectivity index (χ1) is 13.6. The van der Waals surface area contributed by atoms with E-state index in [9.17, 15) is 14.7 Å². The molecule has 1 unspecified atom stereocenters. The number of amides is 2. The van der Waals surface area contributed by atoms with Gasteiger partial charge in [-0.25, -0.2) is 9.78 Å². The smallest absolute Gasteiger partial charge is 0.331 e. The first-order valence-electron chi connectivity index (χ1n) is 8.56. The standard InChI is InChI=1S/C21H13N3O3S/c25-20-23-15-12-28(21(26)27)19-18(15)17(10-11-22-19)24(20)16-9-5-4-8-14(16)13-6-2-1-3-7-13/h1-12H,(H-,23,25,26,27). The Balaban J connectivity index is 1.77. The highest BCUT2D eigenvalue weighted by Gasteiger charge is 2.35. The second-order valence-electron chi connectivity index (χ2n) is 6.28. The minimum Gasteiger partial charge on any atom is -0.500 e. The van der Waals surface area contributed by atoms with Crippen molar-refractivity contribution in [3.05, 3.63) is 72.2 Å². The molecule has 0 fully saturated rings. The van der Waals surface area contributed by atoms with Crippen molar-refractivity contribution in [3.8, 4) is 11.1 Å². The number of hydrogen-bond donors (Lipinski definition) is 1. The van der Waals surface area contributed by atoms with E-state index in [0.29, 0.717) is 27.3 Å². The van der Waals surface area contributed by atoms with Gasteiger partial charge in [0.2, 0.25) is 0 Å². The summed E-state index contributed by atoms with van der Waals surface area (Å²) in [6, 6.07) is 18.8. The Morgan fingerprint density at radius 1 is 1.00 bits per heavy atom. The molecule has 5 rings (SSSR count). The lowest BCUT2D eigenvalue weighted by atomic mass is 10.0.